The number of nitrogens with one attached hydrogen (secondary N) is 1. The van der Waals surface area contributed by atoms with Gasteiger partial charge >= 0.3 is 5.97 Å². The zero-order valence-electron chi connectivity index (χ0n) is 18.2. The highest BCUT2D eigenvalue weighted by Crippen LogP contribution is 2.32. The zero-order valence-corrected chi connectivity index (χ0v) is 19.8. The summed E-state index contributed by atoms with van der Waals surface area (Å²) in [6.07, 6.45) is 3.26. The summed E-state index contributed by atoms with van der Waals surface area (Å²) in [4.78, 5) is 50.9. The zero-order chi connectivity index (χ0) is 24.0. The van der Waals surface area contributed by atoms with Gasteiger partial charge in [-0.3, -0.25) is 19.3 Å². The van der Waals surface area contributed by atoms with Crippen LogP contribution in [0.25, 0.3) is 6.08 Å². The van der Waals surface area contributed by atoms with Gasteiger partial charge in [0.05, 0.1) is 22.1 Å². The largest absolute Gasteiger partial charge is 0.462 e. The Kier molecular flexibility index (Phi) is 8.30. The van der Waals surface area contributed by atoms with E-state index in [9.17, 15) is 19.2 Å². The van der Waals surface area contributed by atoms with Crippen molar-refractivity contribution in [3.8, 4) is 0 Å². The lowest BCUT2D eigenvalue weighted by Gasteiger charge is -2.13. The molecule has 1 fully saturated rings. The van der Waals surface area contributed by atoms with Crippen LogP contribution in [0.5, 0.6) is 0 Å². The third kappa shape index (κ3) is 6.24. The first kappa shape index (κ1) is 24.5. The fourth-order valence-corrected chi connectivity index (χ4v) is 4.04. The maximum absolute atomic E-state index is 12.7. The summed E-state index contributed by atoms with van der Waals surface area (Å²) in [5.74, 6) is -1.70. The van der Waals surface area contributed by atoms with Gasteiger partial charge in [0.15, 0.2) is 0 Å². The van der Waals surface area contributed by atoms with Crippen LogP contribution < -0.4 is 5.32 Å². The number of carbonyl (C=O) groups excluding carboxylic acids is 4. The molecule has 0 aliphatic carbocycles. The topological polar surface area (TPSA) is 92.8 Å². The maximum Gasteiger partial charge on any atom is 0.339 e. The second-order valence-corrected chi connectivity index (χ2v) is 8.76. The number of hydrogen-bond acceptors (Lipinski definition) is 6. The average molecular weight is 487 g/mol. The van der Waals surface area contributed by atoms with Gasteiger partial charge in [0.1, 0.15) is 6.54 Å². The molecule has 3 amide bonds. The molecule has 0 atom stereocenters. The number of halogens is 1. The number of esters is 1. The Morgan fingerprint density at radius 1 is 1.18 bits per heavy atom. The molecule has 172 valence electrons. The number of amides is 3. The van der Waals surface area contributed by atoms with Crippen LogP contribution in [-0.2, 0) is 14.3 Å². The maximum atomic E-state index is 12.7. The summed E-state index contributed by atoms with van der Waals surface area (Å²) in [5, 5.41) is 2.27. The minimum Gasteiger partial charge on any atom is -0.462 e. The van der Waals surface area contributed by atoms with Crippen molar-refractivity contribution in [3.05, 3.63) is 69.1 Å². The summed E-state index contributed by atoms with van der Waals surface area (Å²) < 4.78 is 5.17. The van der Waals surface area contributed by atoms with Crippen LogP contribution >= 0.6 is 23.4 Å². The van der Waals surface area contributed by atoms with Gasteiger partial charge in [-0.1, -0.05) is 49.2 Å². The predicted molar refractivity (Wildman–Crippen MR) is 129 cm³/mol. The van der Waals surface area contributed by atoms with Gasteiger partial charge in [0, 0.05) is 5.69 Å². The van der Waals surface area contributed by atoms with E-state index in [0.717, 1.165) is 40.6 Å². The highest BCUT2D eigenvalue weighted by Gasteiger charge is 2.36. The number of hydrogen-bond donors (Lipinski definition) is 1. The third-order valence-electron chi connectivity index (χ3n) is 4.85. The minimum absolute atomic E-state index is 0.123. The van der Waals surface area contributed by atoms with Crippen molar-refractivity contribution in [3.63, 3.8) is 0 Å². The number of imide groups is 1. The second kappa shape index (κ2) is 11.2. The van der Waals surface area contributed by atoms with E-state index in [1.54, 1.807) is 6.08 Å². The molecule has 2 aromatic carbocycles. The lowest BCUT2D eigenvalue weighted by Crippen LogP contribution is -2.36. The van der Waals surface area contributed by atoms with Crippen molar-refractivity contribution in [2.24, 2.45) is 0 Å². The number of unbranched alkanes of at least 4 members (excludes halogenated alkanes) is 1. The molecular weight excluding hydrogens is 464 g/mol. The number of benzene rings is 2. The molecule has 2 aromatic rings. The molecule has 0 spiro atoms. The van der Waals surface area contributed by atoms with Crippen LogP contribution in [0.2, 0.25) is 5.02 Å². The summed E-state index contributed by atoms with van der Waals surface area (Å²) in [6.45, 7) is 3.71. The van der Waals surface area contributed by atoms with Crippen LogP contribution in [0, 0.1) is 6.92 Å². The molecule has 1 heterocycles. The van der Waals surface area contributed by atoms with Gasteiger partial charge in [-0.25, -0.2) is 4.79 Å². The molecule has 0 unspecified atom stereocenters. The summed E-state index contributed by atoms with van der Waals surface area (Å²) in [7, 11) is 0. The van der Waals surface area contributed by atoms with Crippen molar-refractivity contribution in [2.45, 2.75) is 26.7 Å². The van der Waals surface area contributed by atoms with E-state index in [4.69, 9.17) is 16.3 Å². The molecule has 0 bridgehead atoms. The molecular formula is C24H23ClN2O5S. The number of thioether (sulfide) groups is 1. The molecule has 1 aliphatic rings. The first-order valence-electron chi connectivity index (χ1n) is 10.4. The molecule has 1 N–H and O–H groups in total. The highest BCUT2D eigenvalue weighted by atomic mass is 35.5. The molecule has 7 nitrogen and oxygen atoms in total. The molecule has 1 aliphatic heterocycles. The Hall–Kier alpha value is -3.10. The quantitative estimate of drug-likeness (QED) is 0.310. The molecule has 0 aromatic heterocycles. The molecule has 0 radical (unpaired) electrons. The lowest BCUT2D eigenvalue weighted by molar-refractivity contribution is -0.127. The molecule has 0 saturated carbocycles. The Labute approximate surface area is 201 Å². The number of rotatable bonds is 8. The first-order chi connectivity index (χ1) is 15.8. The van der Waals surface area contributed by atoms with Gasteiger partial charge in [0.25, 0.3) is 11.1 Å². The first-order valence-corrected chi connectivity index (χ1v) is 11.6. The minimum atomic E-state index is -0.586. The van der Waals surface area contributed by atoms with Gasteiger partial charge in [0.2, 0.25) is 5.91 Å². The van der Waals surface area contributed by atoms with Crippen molar-refractivity contribution >= 4 is 58.1 Å². The molecule has 1 saturated heterocycles. The van der Waals surface area contributed by atoms with Gasteiger partial charge in [-0.05, 0) is 60.5 Å². The lowest BCUT2D eigenvalue weighted by atomic mass is 10.1. The average Bonchev–Trinajstić information content (AvgIpc) is 3.04. The van der Waals surface area contributed by atoms with Crippen molar-refractivity contribution in [1.29, 1.82) is 0 Å². The van der Waals surface area contributed by atoms with Crippen molar-refractivity contribution in [1.82, 2.24) is 4.90 Å². The summed E-state index contributed by atoms with van der Waals surface area (Å²) >= 11 is 6.88. The summed E-state index contributed by atoms with van der Waals surface area (Å²) in [6, 6.07) is 11.9. The highest BCUT2D eigenvalue weighted by molar-refractivity contribution is 8.18. The Morgan fingerprint density at radius 2 is 1.94 bits per heavy atom. The standard InChI is InChI=1S/C24H23ClN2O5S/c1-3-4-11-32-23(30)18-13-17(9-10-19(18)25)26-21(28)14-27-22(29)20(33-24(27)31)12-16-8-6-5-7-15(16)2/h5-10,12-13H,3-4,11,14H2,1-2H3,(H,26,28)/b20-12+. The SMILES string of the molecule is CCCCOC(=O)c1cc(NC(=O)CN2C(=O)S/C(=C/c3ccccc3C)C2=O)ccc1Cl. The summed E-state index contributed by atoms with van der Waals surface area (Å²) in [5.41, 5.74) is 2.22. The number of anilines is 1. The van der Waals surface area contributed by atoms with E-state index in [-0.39, 0.29) is 22.1 Å². The van der Waals surface area contributed by atoms with E-state index in [1.165, 1.54) is 18.2 Å². The normalized spacial score (nSPS) is 14.6. The van der Waals surface area contributed by atoms with Gasteiger partial charge < -0.3 is 10.1 Å². The Bertz CT molecular complexity index is 1130. The smallest absolute Gasteiger partial charge is 0.339 e. The van der Waals surface area contributed by atoms with Crippen LogP contribution in [0.1, 0.15) is 41.3 Å². The third-order valence-corrected chi connectivity index (χ3v) is 6.09. The van der Waals surface area contributed by atoms with Crippen LogP contribution in [0.15, 0.2) is 47.4 Å². The van der Waals surface area contributed by atoms with E-state index in [0.29, 0.717) is 5.69 Å². The Balaban J connectivity index is 1.66. The van der Waals surface area contributed by atoms with E-state index < -0.39 is 29.6 Å². The van der Waals surface area contributed by atoms with E-state index >= 15 is 0 Å². The van der Waals surface area contributed by atoms with Gasteiger partial charge in [-0.2, -0.15) is 0 Å². The van der Waals surface area contributed by atoms with Crippen LogP contribution in [0.4, 0.5) is 10.5 Å². The van der Waals surface area contributed by atoms with Gasteiger partial charge in [-0.15, -0.1) is 0 Å². The molecule has 3 rings (SSSR count). The van der Waals surface area contributed by atoms with E-state index in [1.807, 2.05) is 38.1 Å². The van der Waals surface area contributed by atoms with E-state index in [2.05, 4.69) is 5.32 Å². The predicted octanol–water partition coefficient (Wildman–Crippen LogP) is 5.28. The number of nitrogens with zero attached hydrogens (tertiary/aromatic N) is 1. The van der Waals surface area contributed by atoms with Crippen molar-refractivity contribution < 1.29 is 23.9 Å². The number of aryl methyl sites for hydroxylation is 1. The van der Waals surface area contributed by atoms with Crippen LogP contribution in [-0.4, -0.2) is 41.1 Å². The second-order valence-electron chi connectivity index (χ2n) is 7.36. The van der Waals surface area contributed by atoms with Crippen LogP contribution in [0.3, 0.4) is 0 Å². The molecule has 33 heavy (non-hydrogen) atoms. The van der Waals surface area contributed by atoms with Crippen molar-refractivity contribution in [2.75, 3.05) is 18.5 Å². The number of carbonyl (C=O) groups is 4. The fraction of sp³-hybridized carbons (Fsp3) is 0.250. The Morgan fingerprint density at radius 3 is 2.67 bits per heavy atom. The molecule has 9 heteroatoms. The number of ether oxygens (including phenoxy) is 1. The fourth-order valence-electron chi connectivity index (χ4n) is 3.02. The monoisotopic (exact) mass is 486 g/mol.